The normalized spacial score (nSPS) is 21.5. The second-order valence-corrected chi connectivity index (χ2v) is 10.1. The quantitative estimate of drug-likeness (QED) is 0.653. The lowest BCUT2D eigenvalue weighted by atomic mass is 9.81. The highest BCUT2D eigenvalue weighted by Crippen LogP contribution is 2.51. The number of anilines is 2. The number of hydrogen-bond acceptors (Lipinski definition) is 7. The molecule has 2 aromatic heterocycles. The Hall–Kier alpha value is -2.85. The third kappa shape index (κ3) is 4.83. The number of ether oxygens (including phenoxy) is 1. The minimum atomic E-state index is -0.251. The van der Waals surface area contributed by atoms with Crippen LogP contribution in [0.3, 0.4) is 0 Å². The number of carbonyl (C=O) groups is 1. The number of aryl methyl sites for hydroxylation is 1. The third-order valence-corrected chi connectivity index (χ3v) is 8.10. The van der Waals surface area contributed by atoms with Gasteiger partial charge >= 0.3 is 6.03 Å². The predicted octanol–water partition coefficient (Wildman–Crippen LogP) is 3.32. The van der Waals surface area contributed by atoms with Crippen LogP contribution in [0.15, 0.2) is 36.7 Å². The maximum atomic E-state index is 12.3. The van der Waals surface area contributed by atoms with Gasteiger partial charge in [-0.3, -0.25) is 4.68 Å². The van der Waals surface area contributed by atoms with E-state index in [0.717, 1.165) is 62.1 Å². The van der Waals surface area contributed by atoms with Crippen molar-refractivity contribution in [2.24, 2.45) is 7.05 Å². The molecule has 1 atom stereocenters. The number of nitrogens with zero attached hydrogens (tertiary/aromatic N) is 5. The van der Waals surface area contributed by atoms with Gasteiger partial charge in [0, 0.05) is 38.0 Å². The molecule has 2 fully saturated rings. The summed E-state index contributed by atoms with van der Waals surface area (Å²) in [4.78, 5) is 24.6. The number of urea groups is 1. The van der Waals surface area contributed by atoms with Crippen molar-refractivity contribution < 1.29 is 9.53 Å². The highest BCUT2D eigenvalue weighted by molar-refractivity contribution is 7.99. The SMILES string of the molecule is CSC1(c2cc(N3CCOCC3)nc(C3=CCC(NC(=O)Nc4cnn(C)c4)C=C3)n2)CCC1. The molecule has 3 heterocycles. The van der Waals surface area contributed by atoms with Crippen molar-refractivity contribution in [1.82, 2.24) is 25.1 Å². The van der Waals surface area contributed by atoms with Crippen molar-refractivity contribution in [1.29, 1.82) is 0 Å². The fraction of sp³-hybridized carbons (Fsp3) is 0.500. The van der Waals surface area contributed by atoms with Crippen molar-refractivity contribution in [2.75, 3.05) is 42.8 Å². The summed E-state index contributed by atoms with van der Waals surface area (Å²) in [5, 5.41) is 9.87. The largest absolute Gasteiger partial charge is 0.378 e. The number of allylic oxidation sites excluding steroid dienone is 2. The number of rotatable bonds is 6. The Kier molecular flexibility index (Phi) is 6.60. The molecule has 180 valence electrons. The molecule has 10 heteroatoms. The number of thioether (sulfide) groups is 1. The number of morpholine rings is 1. The lowest BCUT2D eigenvalue weighted by Crippen LogP contribution is -2.38. The zero-order chi connectivity index (χ0) is 23.5. The van der Waals surface area contributed by atoms with Gasteiger partial charge < -0.3 is 20.3 Å². The van der Waals surface area contributed by atoms with Gasteiger partial charge in [-0.15, -0.1) is 0 Å². The van der Waals surface area contributed by atoms with Gasteiger partial charge in [-0.25, -0.2) is 14.8 Å². The van der Waals surface area contributed by atoms with Gasteiger partial charge in [-0.05, 0) is 31.9 Å². The van der Waals surface area contributed by atoms with E-state index < -0.39 is 0 Å². The maximum absolute atomic E-state index is 12.3. The predicted molar refractivity (Wildman–Crippen MR) is 135 cm³/mol. The number of carbonyl (C=O) groups excluding carboxylic acids is 1. The lowest BCUT2D eigenvalue weighted by molar-refractivity contribution is 0.122. The molecule has 0 spiro atoms. The maximum Gasteiger partial charge on any atom is 0.319 e. The Balaban J connectivity index is 1.32. The first kappa shape index (κ1) is 22.9. The van der Waals surface area contributed by atoms with E-state index in [9.17, 15) is 4.79 Å². The topological polar surface area (TPSA) is 97.2 Å². The first-order chi connectivity index (χ1) is 16.5. The summed E-state index contributed by atoms with van der Waals surface area (Å²) in [5.41, 5.74) is 2.79. The lowest BCUT2D eigenvalue weighted by Gasteiger charge is -2.40. The van der Waals surface area contributed by atoms with Crippen LogP contribution in [0.25, 0.3) is 5.57 Å². The van der Waals surface area contributed by atoms with Crippen LogP contribution >= 0.6 is 11.8 Å². The van der Waals surface area contributed by atoms with Crippen LogP contribution in [0, 0.1) is 0 Å². The van der Waals surface area contributed by atoms with Gasteiger partial charge in [-0.1, -0.05) is 18.2 Å². The molecule has 2 aliphatic carbocycles. The highest BCUT2D eigenvalue weighted by Gasteiger charge is 2.40. The van der Waals surface area contributed by atoms with E-state index in [1.54, 1.807) is 17.1 Å². The second-order valence-electron chi connectivity index (χ2n) is 8.95. The van der Waals surface area contributed by atoms with Crippen LogP contribution in [-0.2, 0) is 16.5 Å². The highest BCUT2D eigenvalue weighted by atomic mass is 32.2. The van der Waals surface area contributed by atoms with Crippen LogP contribution in [0.5, 0.6) is 0 Å². The Morgan fingerprint density at radius 3 is 2.71 bits per heavy atom. The van der Waals surface area contributed by atoms with E-state index in [-0.39, 0.29) is 16.8 Å². The van der Waals surface area contributed by atoms with Crippen molar-refractivity contribution in [3.05, 3.63) is 48.2 Å². The standard InChI is InChI=1S/C24H31N7O2S/c1-30-16-19(15-25-30)27-23(32)26-18-6-4-17(5-7-18)22-28-20(24(34-2)8-3-9-24)14-21(29-22)31-10-12-33-13-11-31/h4-6,14-16,18H,3,7-13H2,1-2H3,(H2,26,27,32). The Labute approximate surface area is 204 Å². The summed E-state index contributed by atoms with van der Waals surface area (Å²) >= 11 is 1.90. The monoisotopic (exact) mass is 481 g/mol. The van der Waals surface area contributed by atoms with Gasteiger partial charge in [0.05, 0.1) is 41.6 Å². The minimum absolute atomic E-state index is 0.0894. The molecule has 2 aromatic rings. The Morgan fingerprint density at radius 2 is 2.09 bits per heavy atom. The molecule has 1 aliphatic heterocycles. The number of nitrogens with one attached hydrogen (secondary N) is 2. The Morgan fingerprint density at radius 1 is 1.26 bits per heavy atom. The van der Waals surface area contributed by atoms with Crippen LogP contribution in [0.2, 0.25) is 0 Å². The Bertz CT molecular complexity index is 1100. The molecule has 1 saturated heterocycles. The van der Waals surface area contributed by atoms with Gasteiger partial charge in [-0.2, -0.15) is 16.9 Å². The summed E-state index contributed by atoms with van der Waals surface area (Å²) in [6.45, 7) is 3.13. The molecule has 3 aliphatic rings. The van der Waals surface area contributed by atoms with Crippen molar-refractivity contribution in [3.8, 4) is 0 Å². The third-order valence-electron chi connectivity index (χ3n) is 6.70. The summed E-state index contributed by atoms with van der Waals surface area (Å²) in [5.74, 6) is 1.74. The van der Waals surface area contributed by atoms with E-state index in [4.69, 9.17) is 14.7 Å². The molecule has 0 aromatic carbocycles. The van der Waals surface area contributed by atoms with Crippen LogP contribution in [0.1, 0.15) is 37.2 Å². The second kappa shape index (κ2) is 9.79. The summed E-state index contributed by atoms with van der Waals surface area (Å²) in [6.07, 6.45) is 15.9. The van der Waals surface area contributed by atoms with Gasteiger partial charge in [0.2, 0.25) is 0 Å². The van der Waals surface area contributed by atoms with Crippen molar-refractivity contribution in [3.63, 3.8) is 0 Å². The smallest absolute Gasteiger partial charge is 0.319 e. The average Bonchev–Trinajstić information content (AvgIpc) is 3.24. The fourth-order valence-electron chi connectivity index (χ4n) is 4.53. The molecule has 9 nitrogen and oxygen atoms in total. The number of aromatic nitrogens is 4. The molecule has 2 N–H and O–H groups in total. The number of hydrogen-bond donors (Lipinski definition) is 2. The van der Waals surface area contributed by atoms with Gasteiger partial charge in [0.25, 0.3) is 0 Å². The molecule has 2 amide bonds. The zero-order valence-electron chi connectivity index (χ0n) is 19.7. The van der Waals surface area contributed by atoms with E-state index in [2.05, 4.69) is 39.0 Å². The van der Waals surface area contributed by atoms with Crippen molar-refractivity contribution >= 4 is 34.9 Å². The molecule has 1 unspecified atom stereocenters. The first-order valence-electron chi connectivity index (χ1n) is 11.8. The van der Waals surface area contributed by atoms with Crippen LogP contribution in [0.4, 0.5) is 16.3 Å². The van der Waals surface area contributed by atoms with Crippen LogP contribution < -0.4 is 15.5 Å². The molecular formula is C24H31N7O2S. The molecule has 0 radical (unpaired) electrons. The minimum Gasteiger partial charge on any atom is -0.378 e. The fourth-order valence-corrected chi connectivity index (χ4v) is 5.54. The summed E-state index contributed by atoms with van der Waals surface area (Å²) in [6, 6.07) is 1.84. The van der Waals surface area contributed by atoms with Gasteiger partial charge in [0.1, 0.15) is 5.82 Å². The van der Waals surface area contributed by atoms with E-state index in [0.29, 0.717) is 12.1 Å². The van der Waals surface area contributed by atoms with E-state index >= 15 is 0 Å². The molecule has 0 bridgehead atoms. The zero-order valence-corrected chi connectivity index (χ0v) is 20.5. The number of amides is 2. The molecule has 5 rings (SSSR count). The summed E-state index contributed by atoms with van der Waals surface area (Å²) in [7, 11) is 1.81. The van der Waals surface area contributed by atoms with Gasteiger partial charge in [0.15, 0.2) is 5.82 Å². The van der Waals surface area contributed by atoms with E-state index in [1.165, 1.54) is 6.42 Å². The molecule has 1 saturated carbocycles. The van der Waals surface area contributed by atoms with Crippen molar-refractivity contribution in [2.45, 2.75) is 36.5 Å². The average molecular weight is 482 g/mol. The summed E-state index contributed by atoms with van der Waals surface area (Å²) < 4.78 is 7.28. The molecular weight excluding hydrogens is 450 g/mol. The van der Waals surface area contributed by atoms with Crippen LogP contribution in [-0.4, -0.2) is 64.4 Å². The molecule has 34 heavy (non-hydrogen) atoms. The van der Waals surface area contributed by atoms with E-state index in [1.807, 2.05) is 31.0 Å². The first-order valence-corrected chi connectivity index (χ1v) is 13.0.